The fourth-order valence-electron chi connectivity index (χ4n) is 2.26. The minimum atomic E-state index is -0.489. The lowest BCUT2D eigenvalue weighted by Crippen LogP contribution is -2.23. The molecule has 0 saturated carbocycles. The van der Waals surface area contributed by atoms with Crippen LogP contribution in [0.2, 0.25) is 0 Å². The number of non-ortho nitro benzene ring substituents is 1. The Morgan fingerprint density at radius 3 is 2.92 bits per heavy atom. The van der Waals surface area contributed by atoms with Crippen molar-refractivity contribution in [3.05, 3.63) is 64.3 Å². The third kappa shape index (κ3) is 3.61. The van der Waals surface area contributed by atoms with Gasteiger partial charge in [-0.05, 0) is 18.2 Å². The molecule has 2 N–H and O–H groups in total. The minimum absolute atomic E-state index is 0.0382. The Labute approximate surface area is 141 Å². The molecule has 0 unspecified atom stereocenters. The number of nitrogens with zero attached hydrogens (tertiary/aromatic N) is 4. The van der Waals surface area contributed by atoms with Crippen molar-refractivity contribution >= 4 is 28.7 Å². The van der Waals surface area contributed by atoms with Gasteiger partial charge in [-0.1, -0.05) is 12.1 Å². The molecule has 1 aromatic heterocycles. The van der Waals surface area contributed by atoms with Gasteiger partial charge in [0.05, 0.1) is 22.9 Å². The summed E-state index contributed by atoms with van der Waals surface area (Å²) in [4.78, 5) is 22.2. The van der Waals surface area contributed by atoms with Gasteiger partial charge in [-0.3, -0.25) is 19.6 Å². The molecule has 0 spiro atoms. The Bertz CT molecular complexity index is 980. The second-order valence-corrected chi connectivity index (χ2v) is 5.15. The summed E-state index contributed by atoms with van der Waals surface area (Å²) in [7, 11) is 0. The summed E-state index contributed by atoms with van der Waals surface area (Å²) < 4.78 is 1.42. The Morgan fingerprint density at radius 1 is 1.36 bits per heavy atom. The van der Waals surface area contributed by atoms with E-state index in [1.54, 1.807) is 24.3 Å². The van der Waals surface area contributed by atoms with Crippen LogP contribution in [0.3, 0.4) is 0 Å². The molecule has 1 heterocycles. The van der Waals surface area contributed by atoms with Gasteiger partial charge in [-0.15, -0.1) is 0 Å². The van der Waals surface area contributed by atoms with Crippen LogP contribution in [-0.2, 0) is 11.3 Å². The number of phenolic OH excluding ortho intramolecular Hbond substituents is 1. The number of aromatic nitrogens is 2. The molecule has 3 rings (SSSR count). The molecule has 2 aromatic carbocycles. The molecule has 3 aromatic rings. The molecule has 0 atom stereocenters. The molecule has 0 aliphatic carbocycles. The number of hydrogen-bond acceptors (Lipinski definition) is 6. The summed E-state index contributed by atoms with van der Waals surface area (Å²) in [5.74, 6) is -0.366. The number of benzene rings is 2. The third-order valence-electron chi connectivity index (χ3n) is 3.46. The monoisotopic (exact) mass is 339 g/mol. The largest absolute Gasteiger partial charge is 0.507 e. The number of nitro benzene ring substituents is 1. The normalized spacial score (nSPS) is 11.0. The van der Waals surface area contributed by atoms with E-state index in [0.717, 1.165) is 0 Å². The van der Waals surface area contributed by atoms with E-state index in [1.807, 2.05) is 0 Å². The summed E-state index contributed by atoms with van der Waals surface area (Å²) in [6.07, 6.45) is 2.79. The predicted octanol–water partition coefficient (Wildman–Crippen LogP) is 1.80. The topological polar surface area (TPSA) is 123 Å². The number of nitro groups is 1. The van der Waals surface area contributed by atoms with Crippen LogP contribution in [0, 0.1) is 10.1 Å². The van der Waals surface area contributed by atoms with E-state index in [0.29, 0.717) is 16.5 Å². The van der Waals surface area contributed by atoms with Crippen LogP contribution in [0.4, 0.5) is 5.69 Å². The number of phenols is 1. The minimum Gasteiger partial charge on any atom is -0.507 e. The van der Waals surface area contributed by atoms with Crippen LogP contribution in [-0.4, -0.2) is 31.9 Å². The quantitative estimate of drug-likeness (QED) is 0.417. The number of fused-ring (bicyclic) bond motifs is 1. The molecule has 25 heavy (non-hydrogen) atoms. The summed E-state index contributed by atoms with van der Waals surface area (Å²) in [5, 5.41) is 28.8. The van der Waals surface area contributed by atoms with E-state index in [9.17, 15) is 20.0 Å². The molecule has 126 valence electrons. The first-order valence-corrected chi connectivity index (χ1v) is 7.24. The van der Waals surface area contributed by atoms with Crippen molar-refractivity contribution in [2.45, 2.75) is 6.54 Å². The Morgan fingerprint density at radius 2 is 2.16 bits per heavy atom. The average Bonchev–Trinajstić information content (AvgIpc) is 2.98. The highest BCUT2D eigenvalue weighted by Gasteiger charge is 2.11. The number of carbonyl (C=O) groups is 1. The van der Waals surface area contributed by atoms with Crippen LogP contribution in [0.1, 0.15) is 5.56 Å². The van der Waals surface area contributed by atoms with Crippen molar-refractivity contribution < 1.29 is 14.8 Å². The van der Waals surface area contributed by atoms with Crippen LogP contribution >= 0.6 is 0 Å². The van der Waals surface area contributed by atoms with Gasteiger partial charge in [0.25, 0.3) is 11.6 Å². The SMILES string of the molecule is O=C(Cn1ncc2cc([N+](=O)[O-])ccc21)N/N=C/c1ccccc1O. The number of carbonyl (C=O) groups excluding carboxylic acids is 1. The lowest BCUT2D eigenvalue weighted by Gasteiger charge is -2.03. The van der Waals surface area contributed by atoms with Gasteiger partial charge in [0.1, 0.15) is 12.3 Å². The van der Waals surface area contributed by atoms with Crippen LogP contribution in [0.15, 0.2) is 53.8 Å². The van der Waals surface area contributed by atoms with Gasteiger partial charge >= 0.3 is 0 Å². The molecular formula is C16H13N5O4. The van der Waals surface area contributed by atoms with E-state index in [4.69, 9.17) is 0 Å². The van der Waals surface area contributed by atoms with E-state index < -0.39 is 10.8 Å². The smallest absolute Gasteiger partial charge is 0.270 e. The molecule has 1 amide bonds. The summed E-state index contributed by atoms with van der Waals surface area (Å²) in [6.45, 7) is -0.0978. The van der Waals surface area contributed by atoms with Gasteiger partial charge in [-0.2, -0.15) is 10.2 Å². The van der Waals surface area contributed by atoms with Crippen LogP contribution < -0.4 is 5.43 Å². The van der Waals surface area contributed by atoms with Gasteiger partial charge < -0.3 is 5.11 Å². The molecule has 9 nitrogen and oxygen atoms in total. The Hall–Kier alpha value is -3.75. The molecule has 9 heteroatoms. The highest BCUT2D eigenvalue weighted by atomic mass is 16.6. The maximum atomic E-state index is 11.9. The van der Waals surface area contributed by atoms with Crippen molar-refractivity contribution in [2.75, 3.05) is 0 Å². The molecule has 0 fully saturated rings. The standard InChI is InChI=1S/C16H13N5O4/c22-15-4-2-1-3-11(15)8-17-19-16(23)10-20-14-6-5-13(21(24)25)7-12(14)9-18-20/h1-9,22H,10H2,(H,19,23)/b17-8+. The number of hydrogen-bond donors (Lipinski definition) is 2. The Balaban J connectivity index is 1.68. The second-order valence-electron chi connectivity index (χ2n) is 5.15. The van der Waals surface area contributed by atoms with Crippen molar-refractivity contribution in [1.29, 1.82) is 0 Å². The predicted molar refractivity (Wildman–Crippen MR) is 90.2 cm³/mol. The molecule has 0 radical (unpaired) electrons. The van der Waals surface area contributed by atoms with Gasteiger partial charge in [0.2, 0.25) is 0 Å². The summed E-state index contributed by atoms with van der Waals surface area (Å²) >= 11 is 0. The highest BCUT2D eigenvalue weighted by molar-refractivity contribution is 5.86. The zero-order valence-corrected chi connectivity index (χ0v) is 12.9. The highest BCUT2D eigenvalue weighted by Crippen LogP contribution is 2.20. The number of amides is 1. The number of para-hydroxylation sites is 1. The average molecular weight is 339 g/mol. The molecule has 0 bridgehead atoms. The fraction of sp³-hybridized carbons (Fsp3) is 0.0625. The first kappa shape index (κ1) is 16.1. The summed E-state index contributed by atoms with van der Waals surface area (Å²) in [6, 6.07) is 10.9. The van der Waals surface area contributed by atoms with E-state index in [1.165, 1.54) is 35.3 Å². The number of rotatable bonds is 5. The zero-order valence-electron chi connectivity index (χ0n) is 12.9. The lowest BCUT2D eigenvalue weighted by molar-refractivity contribution is -0.384. The number of nitrogens with one attached hydrogen (secondary N) is 1. The number of aromatic hydroxyl groups is 1. The zero-order chi connectivity index (χ0) is 17.8. The lowest BCUT2D eigenvalue weighted by atomic mass is 10.2. The first-order chi connectivity index (χ1) is 12.0. The van der Waals surface area contributed by atoms with Crippen molar-refractivity contribution in [2.24, 2.45) is 5.10 Å². The van der Waals surface area contributed by atoms with E-state index in [2.05, 4.69) is 15.6 Å². The van der Waals surface area contributed by atoms with Gasteiger partial charge in [0, 0.05) is 23.1 Å². The molecule has 0 aliphatic heterocycles. The maximum absolute atomic E-state index is 11.9. The number of hydrazone groups is 1. The third-order valence-corrected chi connectivity index (χ3v) is 3.46. The Kier molecular flexibility index (Phi) is 4.38. The van der Waals surface area contributed by atoms with Crippen molar-refractivity contribution in [3.8, 4) is 5.75 Å². The van der Waals surface area contributed by atoms with Crippen molar-refractivity contribution in [1.82, 2.24) is 15.2 Å². The molecule has 0 saturated heterocycles. The second kappa shape index (κ2) is 6.79. The molecule has 0 aliphatic rings. The maximum Gasteiger partial charge on any atom is 0.270 e. The molecular weight excluding hydrogens is 326 g/mol. The van der Waals surface area contributed by atoms with Crippen molar-refractivity contribution in [3.63, 3.8) is 0 Å². The van der Waals surface area contributed by atoms with E-state index in [-0.39, 0.29) is 18.0 Å². The van der Waals surface area contributed by atoms with Gasteiger partial charge in [0.15, 0.2) is 0 Å². The first-order valence-electron chi connectivity index (χ1n) is 7.24. The fourth-order valence-corrected chi connectivity index (χ4v) is 2.26. The van der Waals surface area contributed by atoms with E-state index >= 15 is 0 Å². The van der Waals surface area contributed by atoms with Crippen LogP contribution in [0.25, 0.3) is 10.9 Å². The van der Waals surface area contributed by atoms with Gasteiger partial charge in [-0.25, -0.2) is 5.43 Å². The van der Waals surface area contributed by atoms with Crippen LogP contribution in [0.5, 0.6) is 5.75 Å². The summed E-state index contributed by atoms with van der Waals surface area (Å²) in [5.41, 5.74) is 3.38.